The Bertz CT molecular complexity index is 761. The molecule has 0 atom stereocenters. The van der Waals surface area contributed by atoms with Crippen LogP contribution in [0.5, 0.6) is 0 Å². The molecular weight excluding hydrogens is 252 g/mol. The van der Waals surface area contributed by atoms with E-state index in [-0.39, 0.29) is 5.95 Å². The molecule has 2 heterocycles. The number of aryl methyl sites for hydroxylation is 2. The van der Waals surface area contributed by atoms with Gasteiger partial charge in [-0.3, -0.25) is 0 Å². The van der Waals surface area contributed by atoms with Gasteiger partial charge in [0, 0.05) is 18.2 Å². The van der Waals surface area contributed by atoms with Crippen LogP contribution in [0.25, 0.3) is 16.7 Å². The number of benzene rings is 1. The van der Waals surface area contributed by atoms with E-state index in [1.807, 2.05) is 38.1 Å². The fraction of sp³-hybridized carbons (Fsp3) is 0.286. The lowest BCUT2D eigenvalue weighted by molar-refractivity contribution is 0.774. The molecule has 0 fully saturated rings. The number of nitrogen functional groups attached to an aromatic ring is 1. The molecule has 0 aliphatic rings. The monoisotopic (exact) mass is 268 g/mol. The minimum absolute atomic E-state index is 0.245. The highest BCUT2D eigenvalue weighted by molar-refractivity contribution is 5.86. The van der Waals surface area contributed by atoms with Crippen LogP contribution in [0, 0.1) is 0 Å². The van der Waals surface area contributed by atoms with E-state index in [2.05, 4.69) is 20.1 Å². The standard InChI is InChI=1S/C14H16N6/c1-3-11-17-12(4-2)20(19-11)13-9-7-5-6-8-10(9)16-14(15)18-13/h5-8H,3-4H2,1-2H3,(H2,15,16,18). The van der Waals surface area contributed by atoms with E-state index in [9.17, 15) is 0 Å². The number of nitrogens with zero attached hydrogens (tertiary/aromatic N) is 5. The van der Waals surface area contributed by atoms with E-state index in [0.717, 1.165) is 35.4 Å². The van der Waals surface area contributed by atoms with Gasteiger partial charge in [-0.05, 0) is 12.1 Å². The Hall–Kier alpha value is -2.50. The Kier molecular flexibility index (Phi) is 3.06. The van der Waals surface area contributed by atoms with Crippen molar-refractivity contribution in [1.82, 2.24) is 24.7 Å². The molecular formula is C14H16N6. The van der Waals surface area contributed by atoms with Crippen molar-refractivity contribution in [2.24, 2.45) is 0 Å². The number of fused-ring (bicyclic) bond motifs is 1. The molecule has 0 saturated heterocycles. The Morgan fingerprint density at radius 1 is 1.05 bits per heavy atom. The molecule has 0 spiro atoms. The van der Waals surface area contributed by atoms with E-state index < -0.39 is 0 Å². The molecule has 1 aromatic carbocycles. The van der Waals surface area contributed by atoms with Crippen molar-refractivity contribution in [2.45, 2.75) is 26.7 Å². The highest BCUT2D eigenvalue weighted by Crippen LogP contribution is 2.20. The second-order valence-electron chi connectivity index (χ2n) is 4.49. The molecule has 0 amide bonds. The van der Waals surface area contributed by atoms with Crippen LogP contribution < -0.4 is 5.73 Å². The summed E-state index contributed by atoms with van der Waals surface area (Å²) >= 11 is 0. The Balaban J connectivity index is 2.31. The average Bonchev–Trinajstić information content (AvgIpc) is 2.89. The van der Waals surface area contributed by atoms with Gasteiger partial charge in [0.2, 0.25) is 5.95 Å². The van der Waals surface area contributed by atoms with Gasteiger partial charge in [0.05, 0.1) is 5.52 Å². The zero-order valence-corrected chi connectivity index (χ0v) is 11.5. The van der Waals surface area contributed by atoms with E-state index >= 15 is 0 Å². The van der Waals surface area contributed by atoms with Gasteiger partial charge in [-0.15, -0.1) is 5.10 Å². The lowest BCUT2D eigenvalue weighted by atomic mass is 10.2. The van der Waals surface area contributed by atoms with Crippen LogP contribution in [-0.4, -0.2) is 24.7 Å². The number of hydrogen-bond donors (Lipinski definition) is 1. The van der Waals surface area contributed by atoms with Crippen molar-refractivity contribution in [3.05, 3.63) is 35.9 Å². The number of aromatic nitrogens is 5. The highest BCUT2D eigenvalue weighted by Gasteiger charge is 2.14. The number of para-hydroxylation sites is 1. The van der Waals surface area contributed by atoms with Crippen molar-refractivity contribution < 1.29 is 0 Å². The molecule has 0 unspecified atom stereocenters. The number of anilines is 1. The van der Waals surface area contributed by atoms with E-state index in [4.69, 9.17) is 5.73 Å². The third kappa shape index (κ3) is 1.99. The number of hydrogen-bond acceptors (Lipinski definition) is 5. The van der Waals surface area contributed by atoms with Crippen LogP contribution in [0.3, 0.4) is 0 Å². The average molecular weight is 268 g/mol. The molecule has 102 valence electrons. The topological polar surface area (TPSA) is 82.5 Å². The fourth-order valence-electron chi connectivity index (χ4n) is 2.18. The molecule has 0 aliphatic carbocycles. The predicted molar refractivity (Wildman–Crippen MR) is 77.6 cm³/mol. The van der Waals surface area contributed by atoms with Crippen LogP contribution >= 0.6 is 0 Å². The van der Waals surface area contributed by atoms with Gasteiger partial charge >= 0.3 is 0 Å². The van der Waals surface area contributed by atoms with Crippen molar-refractivity contribution in [2.75, 3.05) is 5.73 Å². The van der Waals surface area contributed by atoms with Crippen LogP contribution in [0.2, 0.25) is 0 Å². The van der Waals surface area contributed by atoms with Crippen molar-refractivity contribution >= 4 is 16.9 Å². The van der Waals surface area contributed by atoms with Gasteiger partial charge in [-0.1, -0.05) is 26.0 Å². The molecule has 6 nitrogen and oxygen atoms in total. The van der Waals surface area contributed by atoms with E-state index in [0.29, 0.717) is 5.82 Å². The summed E-state index contributed by atoms with van der Waals surface area (Å²) in [6, 6.07) is 7.77. The minimum atomic E-state index is 0.245. The summed E-state index contributed by atoms with van der Waals surface area (Å²) in [5.41, 5.74) is 6.62. The number of rotatable bonds is 3. The first-order valence-electron chi connectivity index (χ1n) is 6.70. The second kappa shape index (κ2) is 4.88. The maximum Gasteiger partial charge on any atom is 0.222 e. The van der Waals surface area contributed by atoms with Crippen molar-refractivity contribution in [1.29, 1.82) is 0 Å². The van der Waals surface area contributed by atoms with Gasteiger partial charge in [0.15, 0.2) is 11.6 Å². The van der Waals surface area contributed by atoms with Gasteiger partial charge in [-0.2, -0.15) is 9.67 Å². The van der Waals surface area contributed by atoms with Crippen molar-refractivity contribution in [3.8, 4) is 5.82 Å². The van der Waals surface area contributed by atoms with Crippen LogP contribution in [0.15, 0.2) is 24.3 Å². The zero-order valence-electron chi connectivity index (χ0n) is 11.5. The Morgan fingerprint density at radius 2 is 1.85 bits per heavy atom. The molecule has 6 heteroatoms. The molecule has 0 saturated carbocycles. The summed E-state index contributed by atoms with van der Waals surface area (Å²) in [6.45, 7) is 4.08. The largest absolute Gasteiger partial charge is 0.368 e. The molecule has 2 N–H and O–H groups in total. The molecule has 0 bridgehead atoms. The normalized spacial score (nSPS) is 11.1. The van der Waals surface area contributed by atoms with Crippen LogP contribution in [0.1, 0.15) is 25.5 Å². The third-order valence-corrected chi connectivity index (χ3v) is 3.15. The third-order valence-electron chi connectivity index (χ3n) is 3.15. The molecule has 0 radical (unpaired) electrons. The first-order chi connectivity index (χ1) is 9.72. The summed E-state index contributed by atoms with van der Waals surface area (Å²) in [5, 5.41) is 5.44. The van der Waals surface area contributed by atoms with E-state index in [1.165, 1.54) is 0 Å². The van der Waals surface area contributed by atoms with E-state index in [1.54, 1.807) is 4.68 Å². The van der Waals surface area contributed by atoms with Gasteiger partial charge < -0.3 is 5.73 Å². The summed E-state index contributed by atoms with van der Waals surface area (Å²) in [4.78, 5) is 13.1. The van der Waals surface area contributed by atoms with Gasteiger partial charge in [-0.25, -0.2) is 9.97 Å². The fourth-order valence-corrected chi connectivity index (χ4v) is 2.18. The van der Waals surface area contributed by atoms with Gasteiger partial charge in [0.1, 0.15) is 5.82 Å². The SMILES string of the molecule is CCc1nc(CC)n(-c2nc(N)nc3ccccc23)n1. The Morgan fingerprint density at radius 3 is 2.60 bits per heavy atom. The van der Waals surface area contributed by atoms with Crippen molar-refractivity contribution in [3.63, 3.8) is 0 Å². The molecule has 20 heavy (non-hydrogen) atoms. The zero-order chi connectivity index (χ0) is 14.1. The molecule has 2 aromatic heterocycles. The summed E-state index contributed by atoms with van der Waals surface area (Å²) in [7, 11) is 0. The summed E-state index contributed by atoms with van der Waals surface area (Å²) < 4.78 is 1.78. The summed E-state index contributed by atoms with van der Waals surface area (Å²) in [6.07, 6.45) is 1.57. The lowest BCUT2D eigenvalue weighted by Gasteiger charge is -2.07. The smallest absolute Gasteiger partial charge is 0.222 e. The first kappa shape index (κ1) is 12.5. The first-order valence-corrected chi connectivity index (χ1v) is 6.70. The number of nitrogens with two attached hydrogens (primary N) is 1. The molecule has 0 aliphatic heterocycles. The predicted octanol–water partition coefficient (Wildman–Crippen LogP) is 1.92. The maximum absolute atomic E-state index is 5.81. The molecule has 3 aromatic rings. The minimum Gasteiger partial charge on any atom is -0.368 e. The highest BCUT2D eigenvalue weighted by atomic mass is 15.4. The van der Waals surface area contributed by atoms with Crippen LogP contribution in [-0.2, 0) is 12.8 Å². The van der Waals surface area contributed by atoms with Gasteiger partial charge in [0.25, 0.3) is 0 Å². The van der Waals surface area contributed by atoms with Crippen LogP contribution in [0.4, 0.5) is 5.95 Å². The Labute approximate surface area is 116 Å². The second-order valence-corrected chi connectivity index (χ2v) is 4.49. The maximum atomic E-state index is 5.81. The quantitative estimate of drug-likeness (QED) is 0.784. The molecule has 3 rings (SSSR count). The summed E-state index contributed by atoms with van der Waals surface area (Å²) in [5.74, 6) is 2.62. The lowest BCUT2D eigenvalue weighted by Crippen LogP contribution is -2.08.